The zero-order valence-electron chi connectivity index (χ0n) is 11.7. The molecule has 3 N–H and O–H groups in total. The van der Waals surface area contributed by atoms with E-state index < -0.39 is 11.9 Å². The Balaban J connectivity index is 2.53. The number of nitrogens with zero attached hydrogens (tertiary/aromatic N) is 2. The van der Waals surface area contributed by atoms with Crippen LogP contribution in [0.5, 0.6) is 0 Å². The van der Waals surface area contributed by atoms with Crippen LogP contribution in [0.2, 0.25) is 0 Å². The molecule has 1 heterocycles. The van der Waals surface area contributed by atoms with E-state index in [4.69, 9.17) is 10.8 Å². The van der Waals surface area contributed by atoms with Crippen molar-refractivity contribution in [1.29, 1.82) is 0 Å². The Morgan fingerprint density at radius 2 is 1.50 bits per heavy atom. The van der Waals surface area contributed by atoms with Gasteiger partial charge in [-0.25, -0.2) is 0 Å². The molecule has 1 saturated heterocycles. The van der Waals surface area contributed by atoms with E-state index in [1.165, 1.54) is 11.3 Å². The summed E-state index contributed by atoms with van der Waals surface area (Å²) in [5.41, 5.74) is 5.07. The fourth-order valence-corrected chi connectivity index (χ4v) is 2.37. The van der Waals surface area contributed by atoms with E-state index in [0.29, 0.717) is 13.1 Å². The second-order valence-electron chi connectivity index (χ2n) is 5.15. The van der Waals surface area contributed by atoms with Gasteiger partial charge >= 0.3 is 5.97 Å². The van der Waals surface area contributed by atoms with Crippen LogP contribution in [0.1, 0.15) is 32.1 Å². The first-order valence-electron chi connectivity index (χ1n) is 6.99. The van der Waals surface area contributed by atoms with Crippen LogP contribution in [0.3, 0.4) is 0 Å². The SMILES string of the molecule is NC(=O)CN(CC(=O)O)CC(=O)N1CCCCCCC1. The average Bonchev–Trinajstić information content (AvgIpc) is 2.25. The van der Waals surface area contributed by atoms with Crippen molar-refractivity contribution >= 4 is 17.8 Å². The summed E-state index contributed by atoms with van der Waals surface area (Å²) in [6.45, 7) is 0.760. The molecule has 0 bridgehead atoms. The lowest BCUT2D eigenvalue weighted by atomic mass is 10.1. The van der Waals surface area contributed by atoms with E-state index in [0.717, 1.165) is 25.7 Å². The second-order valence-corrected chi connectivity index (χ2v) is 5.15. The molecule has 0 aromatic rings. The van der Waals surface area contributed by atoms with E-state index in [2.05, 4.69) is 0 Å². The van der Waals surface area contributed by atoms with Crippen LogP contribution in [-0.2, 0) is 14.4 Å². The molecule has 7 nitrogen and oxygen atoms in total. The van der Waals surface area contributed by atoms with Crippen molar-refractivity contribution in [1.82, 2.24) is 9.80 Å². The molecule has 1 fully saturated rings. The molecule has 0 spiro atoms. The highest BCUT2D eigenvalue weighted by Gasteiger charge is 2.20. The molecular formula is C13H23N3O4. The summed E-state index contributed by atoms with van der Waals surface area (Å²) in [6, 6.07) is 0. The zero-order chi connectivity index (χ0) is 15.0. The number of carboxylic acids is 1. The Morgan fingerprint density at radius 3 is 2.00 bits per heavy atom. The Bertz CT molecular complexity index is 336. The van der Waals surface area contributed by atoms with Crippen LogP contribution in [0.25, 0.3) is 0 Å². The molecule has 1 aliphatic heterocycles. The number of likely N-dealkylation sites (tertiary alicyclic amines) is 1. The van der Waals surface area contributed by atoms with E-state index >= 15 is 0 Å². The van der Waals surface area contributed by atoms with E-state index in [1.54, 1.807) is 4.90 Å². The van der Waals surface area contributed by atoms with Gasteiger partial charge in [0.05, 0.1) is 19.6 Å². The zero-order valence-corrected chi connectivity index (χ0v) is 11.7. The first-order valence-corrected chi connectivity index (χ1v) is 6.99. The highest BCUT2D eigenvalue weighted by atomic mass is 16.4. The van der Waals surface area contributed by atoms with E-state index in [9.17, 15) is 14.4 Å². The predicted molar refractivity (Wildman–Crippen MR) is 72.9 cm³/mol. The molecule has 0 radical (unpaired) electrons. The van der Waals surface area contributed by atoms with Crippen LogP contribution < -0.4 is 5.73 Å². The van der Waals surface area contributed by atoms with Crippen molar-refractivity contribution in [3.8, 4) is 0 Å². The summed E-state index contributed by atoms with van der Waals surface area (Å²) >= 11 is 0. The normalized spacial score (nSPS) is 16.6. The summed E-state index contributed by atoms with van der Waals surface area (Å²) < 4.78 is 0. The van der Waals surface area contributed by atoms with Crippen molar-refractivity contribution in [2.75, 3.05) is 32.7 Å². The van der Waals surface area contributed by atoms with Crippen molar-refractivity contribution in [2.45, 2.75) is 32.1 Å². The highest BCUT2D eigenvalue weighted by Crippen LogP contribution is 2.10. The first kappa shape index (κ1) is 16.4. The lowest BCUT2D eigenvalue weighted by Crippen LogP contribution is -2.45. The number of hydrogen-bond donors (Lipinski definition) is 2. The molecule has 20 heavy (non-hydrogen) atoms. The predicted octanol–water partition coefficient (Wildman–Crippen LogP) is -0.349. The summed E-state index contributed by atoms with van der Waals surface area (Å²) in [7, 11) is 0. The van der Waals surface area contributed by atoms with Gasteiger partial charge in [-0.1, -0.05) is 19.3 Å². The smallest absolute Gasteiger partial charge is 0.317 e. The number of primary amides is 1. The maximum atomic E-state index is 12.2. The Labute approximate surface area is 118 Å². The number of nitrogens with two attached hydrogens (primary N) is 1. The molecule has 114 valence electrons. The lowest BCUT2D eigenvalue weighted by Gasteiger charge is -2.27. The van der Waals surface area contributed by atoms with Gasteiger partial charge in [-0.05, 0) is 12.8 Å². The van der Waals surface area contributed by atoms with Gasteiger partial charge in [-0.3, -0.25) is 19.3 Å². The van der Waals surface area contributed by atoms with Gasteiger partial charge in [0.1, 0.15) is 0 Å². The lowest BCUT2D eigenvalue weighted by molar-refractivity contribution is -0.140. The van der Waals surface area contributed by atoms with Gasteiger partial charge in [0.15, 0.2) is 0 Å². The van der Waals surface area contributed by atoms with Gasteiger partial charge in [0.2, 0.25) is 11.8 Å². The molecule has 0 aliphatic carbocycles. The molecule has 1 rings (SSSR count). The molecule has 0 unspecified atom stereocenters. The van der Waals surface area contributed by atoms with Crippen molar-refractivity contribution < 1.29 is 19.5 Å². The Kier molecular flexibility index (Phi) is 7.00. The molecular weight excluding hydrogens is 262 g/mol. The molecule has 7 heteroatoms. The molecule has 0 saturated carbocycles. The third-order valence-corrected chi connectivity index (χ3v) is 3.31. The van der Waals surface area contributed by atoms with Crippen molar-refractivity contribution in [3.05, 3.63) is 0 Å². The quantitative estimate of drug-likeness (QED) is 0.694. The number of carboxylic acid groups (broad SMARTS) is 1. The molecule has 2 amide bonds. The Morgan fingerprint density at radius 1 is 0.950 bits per heavy atom. The van der Waals surface area contributed by atoms with Gasteiger partial charge in [-0.2, -0.15) is 0 Å². The second kappa shape index (κ2) is 8.52. The highest BCUT2D eigenvalue weighted by molar-refractivity contribution is 5.81. The molecule has 0 atom stereocenters. The average molecular weight is 285 g/mol. The van der Waals surface area contributed by atoms with Gasteiger partial charge < -0.3 is 15.7 Å². The molecule has 0 aromatic carbocycles. The fraction of sp³-hybridized carbons (Fsp3) is 0.769. The summed E-state index contributed by atoms with van der Waals surface area (Å²) in [5.74, 6) is -1.84. The van der Waals surface area contributed by atoms with Gasteiger partial charge in [0.25, 0.3) is 0 Å². The maximum Gasteiger partial charge on any atom is 0.317 e. The summed E-state index contributed by atoms with van der Waals surface area (Å²) in [4.78, 5) is 36.8. The number of carbonyl (C=O) groups is 3. The maximum absolute atomic E-state index is 12.2. The standard InChI is InChI=1S/C13H23N3O4/c14-11(17)8-15(10-13(19)20)9-12(18)16-6-4-2-1-3-5-7-16/h1-10H2,(H2,14,17)(H,19,20). The summed E-state index contributed by atoms with van der Waals surface area (Å²) in [5, 5.41) is 8.78. The third kappa shape index (κ3) is 6.51. The minimum absolute atomic E-state index is 0.0742. The van der Waals surface area contributed by atoms with Crippen LogP contribution in [0.4, 0.5) is 0 Å². The minimum atomic E-state index is -1.08. The molecule has 0 aromatic heterocycles. The number of hydrogen-bond acceptors (Lipinski definition) is 4. The van der Waals surface area contributed by atoms with E-state index in [1.807, 2.05) is 0 Å². The van der Waals surface area contributed by atoms with Gasteiger partial charge in [0, 0.05) is 13.1 Å². The Hall–Kier alpha value is -1.63. The van der Waals surface area contributed by atoms with E-state index in [-0.39, 0.29) is 25.5 Å². The van der Waals surface area contributed by atoms with Crippen LogP contribution in [-0.4, -0.2) is 65.4 Å². The summed E-state index contributed by atoms with van der Waals surface area (Å²) in [6.07, 6.45) is 5.38. The van der Waals surface area contributed by atoms with Crippen molar-refractivity contribution in [2.24, 2.45) is 5.73 Å². The van der Waals surface area contributed by atoms with Crippen LogP contribution >= 0.6 is 0 Å². The third-order valence-electron chi connectivity index (χ3n) is 3.31. The molecule has 1 aliphatic rings. The van der Waals surface area contributed by atoms with Gasteiger partial charge in [-0.15, -0.1) is 0 Å². The first-order chi connectivity index (χ1) is 9.49. The van der Waals surface area contributed by atoms with Crippen LogP contribution in [0, 0.1) is 0 Å². The number of carbonyl (C=O) groups excluding carboxylic acids is 2. The number of rotatable bonds is 6. The minimum Gasteiger partial charge on any atom is -0.480 e. The van der Waals surface area contributed by atoms with Crippen molar-refractivity contribution in [3.63, 3.8) is 0 Å². The monoisotopic (exact) mass is 285 g/mol. The number of aliphatic carboxylic acids is 1. The largest absolute Gasteiger partial charge is 0.480 e. The van der Waals surface area contributed by atoms with Crippen LogP contribution in [0.15, 0.2) is 0 Å². The topological polar surface area (TPSA) is 104 Å². The number of amides is 2. The fourth-order valence-electron chi connectivity index (χ4n) is 2.37.